The molecule has 2 unspecified atom stereocenters. The van der Waals surface area contributed by atoms with Crippen molar-refractivity contribution in [1.29, 1.82) is 0 Å². The summed E-state index contributed by atoms with van der Waals surface area (Å²) in [5.41, 5.74) is 7.25. The molecule has 2 aliphatic rings. The molecule has 2 atom stereocenters. The van der Waals surface area contributed by atoms with E-state index >= 15 is 0 Å². The Labute approximate surface area is 228 Å². The molecule has 0 bridgehead atoms. The minimum Gasteiger partial charge on any atom is -1.00 e. The molecule has 179 valence electrons. The normalized spacial score (nSPS) is 20.7. The Morgan fingerprint density at radius 3 is 2.12 bits per heavy atom. The van der Waals surface area contributed by atoms with Gasteiger partial charge in [0.2, 0.25) is 0 Å². The Morgan fingerprint density at radius 1 is 1.03 bits per heavy atom. The van der Waals surface area contributed by atoms with Gasteiger partial charge >= 0.3 is 205 Å². The summed E-state index contributed by atoms with van der Waals surface area (Å²) in [7, 11) is -4.83. The maximum atomic E-state index is 6.99. The zero-order valence-electron chi connectivity index (χ0n) is 21.8. The van der Waals surface area contributed by atoms with Crippen LogP contribution in [0.1, 0.15) is 43.0 Å². The smallest absolute Gasteiger partial charge is 1.00 e. The van der Waals surface area contributed by atoms with Gasteiger partial charge in [0.05, 0.1) is 0 Å². The summed E-state index contributed by atoms with van der Waals surface area (Å²) in [6.45, 7) is 24.2. The summed E-state index contributed by atoms with van der Waals surface area (Å²) >= 11 is 2.42. The minimum atomic E-state index is -1.80. The second-order valence-corrected chi connectivity index (χ2v) is 32.3. The van der Waals surface area contributed by atoms with Crippen molar-refractivity contribution in [2.45, 2.75) is 82.8 Å². The third-order valence-electron chi connectivity index (χ3n) is 7.41. The van der Waals surface area contributed by atoms with E-state index in [1.807, 2.05) is 0 Å². The first-order valence-electron chi connectivity index (χ1n) is 11.7. The van der Waals surface area contributed by atoms with E-state index in [1.165, 1.54) is 28.4 Å². The molecule has 2 aromatic carbocycles. The average molecular weight is 572 g/mol. The van der Waals surface area contributed by atoms with Crippen molar-refractivity contribution in [1.82, 2.24) is 0 Å². The fraction of sp³-hybridized carbons (Fsp3) is 0.520. The van der Waals surface area contributed by atoms with E-state index in [4.69, 9.17) is 4.43 Å². The van der Waals surface area contributed by atoms with Crippen molar-refractivity contribution in [2.75, 3.05) is 5.32 Å². The van der Waals surface area contributed by atoms with Crippen LogP contribution in [-0.4, -0.2) is 29.0 Å². The Hall–Kier alpha value is -0.0151. The van der Waals surface area contributed by atoms with Crippen molar-refractivity contribution in [3.05, 3.63) is 35.4 Å². The first-order valence-corrected chi connectivity index (χ1v) is 22.7. The number of fused-ring (bicyclic) bond motifs is 5. The van der Waals surface area contributed by atoms with Gasteiger partial charge in [0, 0.05) is 0 Å². The SMILES string of the molecule is CC[Si](C)(C)[Si]1(C)c2c(NC(C)(C)C)c(O[Si](C)(C)C)c3c(c21)[CH]([Ti+2])c1ccccc1-3.[Cl-].[Cl-]. The van der Waals surface area contributed by atoms with E-state index in [0.29, 0.717) is 4.22 Å². The summed E-state index contributed by atoms with van der Waals surface area (Å²) in [6, 6.07) is 10.4. The molecule has 0 saturated carbocycles. The maximum Gasteiger partial charge on any atom is -1.00 e. The van der Waals surface area contributed by atoms with Crippen molar-refractivity contribution in [2.24, 2.45) is 0 Å². The summed E-state index contributed by atoms with van der Waals surface area (Å²) in [5.74, 6) is 1.16. The number of rotatable bonds is 5. The van der Waals surface area contributed by atoms with Crippen LogP contribution in [0, 0.1) is 0 Å². The molecule has 1 heterocycles. The summed E-state index contributed by atoms with van der Waals surface area (Å²) in [4.78, 5) is 0. The second-order valence-electron chi connectivity index (χ2n) is 12.2. The van der Waals surface area contributed by atoms with Crippen molar-refractivity contribution in [3.63, 3.8) is 0 Å². The molecule has 0 amide bonds. The van der Waals surface area contributed by atoms with Crippen LogP contribution in [0.15, 0.2) is 24.3 Å². The molecule has 1 N–H and O–H groups in total. The van der Waals surface area contributed by atoms with E-state index in [1.54, 1.807) is 15.9 Å². The van der Waals surface area contributed by atoms with Crippen LogP contribution in [0.25, 0.3) is 11.1 Å². The van der Waals surface area contributed by atoms with Gasteiger partial charge in [0.15, 0.2) is 0 Å². The van der Waals surface area contributed by atoms with Crippen molar-refractivity contribution >= 4 is 39.6 Å². The van der Waals surface area contributed by atoms with Crippen LogP contribution >= 0.6 is 0 Å². The van der Waals surface area contributed by atoms with Crippen LogP contribution in [-0.2, 0) is 20.4 Å². The van der Waals surface area contributed by atoms with Gasteiger partial charge in [-0.25, -0.2) is 0 Å². The standard InChI is InChI=1S/C25H38NOSi3.2ClH.Ti/c1-11-29(8,9)30(10)23-19-16-17-14-12-13-15-18(17)20(19)22(27-28(5,6)7)21(24(23)30)26-25(2,3)4;;;/h12-16,26H,11H2,1-10H3;2*1H;/q;;;+2/p-2. The number of halogens is 2. The molecule has 0 radical (unpaired) electrons. The quantitative estimate of drug-likeness (QED) is 0.513. The first kappa shape index (κ1) is 29.2. The van der Waals surface area contributed by atoms with Gasteiger partial charge in [-0.05, 0) is 0 Å². The van der Waals surface area contributed by atoms with Crippen LogP contribution in [0.2, 0.25) is 45.3 Å². The molecule has 1 aliphatic heterocycles. The molecule has 4 rings (SSSR count). The van der Waals surface area contributed by atoms with Gasteiger partial charge in [-0.15, -0.1) is 0 Å². The van der Waals surface area contributed by atoms with Gasteiger partial charge in [0.1, 0.15) is 0 Å². The Balaban J connectivity index is 0.00000193. The van der Waals surface area contributed by atoms with Gasteiger partial charge < -0.3 is 24.8 Å². The van der Waals surface area contributed by atoms with Gasteiger partial charge in [-0.1, -0.05) is 0 Å². The Morgan fingerprint density at radius 2 is 1.61 bits per heavy atom. The predicted octanol–water partition coefficient (Wildman–Crippen LogP) is 0.0482. The van der Waals surface area contributed by atoms with Gasteiger partial charge in [-0.3, -0.25) is 0 Å². The fourth-order valence-electron chi connectivity index (χ4n) is 5.26. The van der Waals surface area contributed by atoms with E-state index in [2.05, 4.69) is 117 Å². The molecule has 0 spiro atoms. The average Bonchev–Trinajstić information content (AvgIpc) is 3.17. The molecule has 2 nitrogen and oxygen atoms in total. The van der Waals surface area contributed by atoms with Crippen LogP contribution in [0.5, 0.6) is 5.75 Å². The summed E-state index contributed by atoms with van der Waals surface area (Å²) in [6.07, 6.45) is 0. The number of hydrogen-bond donors (Lipinski definition) is 1. The molecule has 2 aromatic rings. The Kier molecular flexibility index (Phi) is 8.09. The predicted molar refractivity (Wildman–Crippen MR) is 140 cm³/mol. The topological polar surface area (TPSA) is 21.3 Å². The summed E-state index contributed by atoms with van der Waals surface area (Å²) in [5, 5.41) is 7.45. The first-order chi connectivity index (χ1) is 14.1. The second kappa shape index (κ2) is 9.13. The molecule has 0 aromatic heterocycles. The fourth-order valence-corrected chi connectivity index (χ4v) is 20.2. The van der Waals surface area contributed by atoms with Crippen LogP contribution < -0.4 is 44.9 Å². The molecule has 0 saturated heterocycles. The monoisotopic (exact) mass is 570 g/mol. The third-order valence-corrected chi connectivity index (χ3v) is 27.1. The van der Waals surface area contributed by atoms with Crippen LogP contribution in [0.3, 0.4) is 0 Å². The molecule has 33 heavy (non-hydrogen) atoms. The van der Waals surface area contributed by atoms with Crippen LogP contribution in [0.4, 0.5) is 5.69 Å². The van der Waals surface area contributed by atoms with Gasteiger partial charge in [-0.2, -0.15) is 0 Å². The molecule has 0 fully saturated rings. The largest absolute Gasteiger partial charge is 1.00 e. The van der Waals surface area contributed by atoms with E-state index in [9.17, 15) is 0 Å². The Bertz CT molecular complexity index is 1080. The number of anilines is 1. The molecule has 8 heteroatoms. The maximum absolute atomic E-state index is 6.99. The third kappa shape index (κ3) is 4.61. The van der Waals surface area contributed by atoms with E-state index in [0.717, 1.165) is 5.75 Å². The summed E-state index contributed by atoms with van der Waals surface area (Å²) < 4.78 is 7.46. The van der Waals surface area contributed by atoms with Crippen molar-refractivity contribution in [3.8, 4) is 16.9 Å². The number of nitrogens with one attached hydrogen (secondary N) is 1. The van der Waals surface area contributed by atoms with Gasteiger partial charge in [0.25, 0.3) is 0 Å². The molecular weight excluding hydrogens is 533 g/mol. The van der Waals surface area contributed by atoms with E-state index < -0.39 is 23.5 Å². The molecular formula is C25H38Cl2NOSi3Ti. The zero-order chi connectivity index (χ0) is 23.1. The van der Waals surface area contributed by atoms with Crippen molar-refractivity contribution < 1.29 is 49.7 Å². The molecule has 1 aliphatic carbocycles. The number of hydrogen-bond acceptors (Lipinski definition) is 2. The van der Waals surface area contributed by atoms with E-state index in [-0.39, 0.29) is 30.4 Å². The number of benzene rings is 2. The zero-order valence-corrected chi connectivity index (χ0v) is 27.8. The minimum absolute atomic E-state index is 0.